The molecule has 0 radical (unpaired) electrons. The number of amides is 1. The number of carbonyl (C=O) groups is 1. The second-order valence-electron chi connectivity index (χ2n) is 8.31. The normalized spacial score (nSPS) is 24.8. The lowest BCUT2D eigenvalue weighted by Crippen LogP contribution is -2.58. The van der Waals surface area contributed by atoms with Gasteiger partial charge in [-0.1, -0.05) is 24.3 Å². The summed E-state index contributed by atoms with van der Waals surface area (Å²) in [5, 5.41) is 0. The number of carbonyl (C=O) groups excluding carboxylic acids is 1. The molecule has 0 aliphatic carbocycles. The van der Waals surface area contributed by atoms with Gasteiger partial charge in [-0.3, -0.25) is 9.69 Å². The number of hydrogen-bond acceptors (Lipinski definition) is 5. The molecule has 2 aliphatic heterocycles. The van der Waals surface area contributed by atoms with Crippen molar-refractivity contribution in [1.29, 1.82) is 0 Å². The first-order valence-electron chi connectivity index (χ1n) is 10.0. The van der Waals surface area contributed by atoms with Crippen molar-refractivity contribution in [2.75, 3.05) is 38.6 Å². The number of hydrogen-bond donors (Lipinski definition) is 0. The highest BCUT2D eigenvalue weighted by atomic mass is 16.2. The molecule has 0 N–H and O–H groups in total. The van der Waals surface area contributed by atoms with E-state index in [-0.39, 0.29) is 11.9 Å². The Hall–Kier alpha value is -2.47. The number of likely N-dealkylation sites (tertiary alicyclic amines) is 1. The summed E-state index contributed by atoms with van der Waals surface area (Å²) in [6, 6.07) is 10.5. The number of piperidine rings is 1. The van der Waals surface area contributed by atoms with E-state index in [1.165, 1.54) is 11.1 Å². The van der Waals surface area contributed by atoms with E-state index >= 15 is 0 Å². The second-order valence-corrected chi connectivity index (χ2v) is 8.31. The molecule has 1 amide bonds. The van der Waals surface area contributed by atoms with Crippen molar-refractivity contribution < 1.29 is 4.79 Å². The van der Waals surface area contributed by atoms with Crippen molar-refractivity contribution >= 4 is 11.9 Å². The maximum Gasteiger partial charge on any atom is 0.231 e. The summed E-state index contributed by atoms with van der Waals surface area (Å²) in [5.74, 6) is 0.964. The summed E-state index contributed by atoms with van der Waals surface area (Å²) in [6.07, 6.45) is 5.47. The second kappa shape index (κ2) is 7.51. The molecule has 3 heterocycles. The van der Waals surface area contributed by atoms with Crippen molar-refractivity contribution in [2.45, 2.75) is 32.4 Å². The van der Waals surface area contributed by atoms with Gasteiger partial charge in [-0.2, -0.15) is 0 Å². The largest absolute Gasteiger partial charge is 0.348 e. The third-order valence-corrected chi connectivity index (χ3v) is 6.27. The van der Waals surface area contributed by atoms with Crippen LogP contribution in [0.2, 0.25) is 0 Å². The van der Waals surface area contributed by atoms with E-state index in [0.717, 1.165) is 45.0 Å². The van der Waals surface area contributed by atoms with Gasteiger partial charge in [-0.15, -0.1) is 0 Å². The number of nitrogens with zero attached hydrogens (tertiary/aromatic N) is 5. The summed E-state index contributed by atoms with van der Waals surface area (Å²) < 4.78 is 0. The van der Waals surface area contributed by atoms with Crippen LogP contribution in [0.3, 0.4) is 0 Å². The molecule has 28 heavy (non-hydrogen) atoms. The Morgan fingerprint density at radius 1 is 1.21 bits per heavy atom. The monoisotopic (exact) mass is 379 g/mol. The first-order valence-corrected chi connectivity index (χ1v) is 10.0. The van der Waals surface area contributed by atoms with E-state index in [9.17, 15) is 4.79 Å². The van der Waals surface area contributed by atoms with Crippen molar-refractivity contribution in [3.63, 3.8) is 0 Å². The summed E-state index contributed by atoms with van der Waals surface area (Å²) in [5.41, 5.74) is 2.23. The van der Waals surface area contributed by atoms with E-state index in [1.807, 2.05) is 20.2 Å². The zero-order valence-electron chi connectivity index (χ0n) is 17.0. The highest BCUT2D eigenvalue weighted by molar-refractivity contribution is 5.85. The molecule has 4 rings (SSSR count). The molecule has 2 atom stereocenters. The molecule has 0 unspecified atom stereocenters. The minimum absolute atomic E-state index is 0.0996. The van der Waals surface area contributed by atoms with Crippen molar-refractivity contribution in [2.24, 2.45) is 5.41 Å². The predicted octanol–water partition coefficient (Wildman–Crippen LogP) is 2.34. The van der Waals surface area contributed by atoms with E-state index in [0.29, 0.717) is 0 Å². The van der Waals surface area contributed by atoms with Gasteiger partial charge >= 0.3 is 0 Å². The van der Waals surface area contributed by atoms with Crippen LogP contribution in [0.5, 0.6) is 0 Å². The van der Waals surface area contributed by atoms with Crippen LogP contribution >= 0.6 is 0 Å². The summed E-state index contributed by atoms with van der Waals surface area (Å²) in [6.45, 7) is 5.56. The smallest absolute Gasteiger partial charge is 0.231 e. The fourth-order valence-electron chi connectivity index (χ4n) is 4.94. The minimum atomic E-state index is -0.399. The lowest BCUT2D eigenvalue weighted by molar-refractivity contribution is -0.140. The molecule has 0 bridgehead atoms. The van der Waals surface area contributed by atoms with Gasteiger partial charge < -0.3 is 9.80 Å². The molecule has 2 aliphatic rings. The van der Waals surface area contributed by atoms with Gasteiger partial charge in [0.15, 0.2) is 0 Å². The van der Waals surface area contributed by atoms with Gasteiger partial charge in [-0.25, -0.2) is 9.97 Å². The zero-order valence-corrected chi connectivity index (χ0v) is 17.0. The average molecular weight is 380 g/mol. The zero-order chi connectivity index (χ0) is 19.7. The number of anilines is 1. The quantitative estimate of drug-likeness (QED) is 0.816. The molecular weight excluding hydrogens is 350 g/mol. The molecule has 1 aromatic heterocycles. The molecule has 0 saturated carbocycles. The Balaban J connectivity index is 1.67. The van der Waals surface area contributed by atoms with Crippen LogP contribution in [0.1, 0.15) is 24.0 Å². The molecule has 2 aromatic rings. The van der Waals surface area contributed by atoms with Crippen molar-refractivity contribution in [1.82, 2.24) is 19.8 Å². The third kappa shape index (κ3) is 3.26. The van der Waals surface area contributed by atoms with Gasteiger partial charge in [0, 0.05) is 52.7 Å². The van der Waals surface area contributed by atoms with Crippen LogP contribution in [0.25, 0.3) is 0 Å². The predicted molar refractivity (Wildman–Crippen MR) is 110 cm³/mol. The third-order valence-electron chi connectivity index (χ3n) is 6.27. The summed E-state index contributed by atoms with van der Waals surface area (Å²) >= 11 is 0. The van der Waals surface area contributed by atoms with Crippen LogP contribution in [-0.4, -0.2) is 65.4 Å². The molecule has 2 saturated heterocycles. The van der Waals surface area contributed by atoms with Gasteiger partial charge in [-0.05, 0) is 37.0 Å². The fraction of sp³-hybridized carbons (Fsp3) is 0.500. The van der Waals surface area contributed by atoms with Crippen molar-refractivity contribution in [3.05, 3.63) is 53.9 Å². The van der Waals surface area contributed by atoms with E-state index in [1.54, 1.807) is 17.3 Å². The Morgan fingerprint density at radius 2 is 1.96 bits per heavy atom. The lowest BCUT2D eigenvalue weighted by Gasteiger charge is -2.45. The lowest BCUT2D eigenvalue weighted by atomic mass is 9.74. The van der Waals surface area contributed by atoms with Crippen LogP contribution in [0, 0.1) is 12.3 Å². The number of aromatic nitrogens is 2. The molecule has 0 spiro atoms. The molecule has 6 nitrogen and oxygen atoms in total. The van der Waals surface area contributed by atoms with Crippen LogP contribution < -0.4 is 4.90 Å². The number of rotatable bonds is 4. The average Bonchev–Trinajstić information content (AvgIpc) is 3.09. The Bertz CT molecular complexity index is 840. The molecule has 148 valence electrons. The topological polar surface area (TPSA) is 52.6 Å². The van der Waals surface area contributed by atoms with Gasteiger partial charge in [0.25, 0.3) is 0 Å². The fourth-order valence-corrected chi connectivity index (χ4v) is 4.94. The van der Waals surface area contributed by atoms with Crippen molar-refractivity contribution in [3.8, 4) is 0 Å². The standard InChI is InChI=1S/C22H29N5O/c1-17-8-4-5-9-18(17)14-26-15-19-22(16-26,20(28)25(2)3)10-6-13-27(19)21-23-11-7-12-24-21/h4-5,7-9,11-12,19H,6,10,13-16H2,1-3H3/t19-,22-/m0/s1. The SMILES string of the molecule is Cc1ccccc1CN1C[C@@H]2N(c3ncccn3)CCC[C@]2(C(=O)N(C)C)C1. The van der Waals surface area contributed by atoms with Gasteiger partial charge in [0.1, 0.15) is 0 Å². The summed E-state index contributed by atoms with van der Waals surface area (Å²) in [7, 11) is 3.74. The van der Waals surface area contributed by atoms with E-state index in [4.69, 9.17) is 0 Å². The number of aryl methyl sites for hydroxylation is 1. The maximum absolute atomic E-state index is 13.4. The van der Waals surface area contributed by atoms with E-state index < -0.39 is 5.41 Å². The molecule has 1 aromatic carbocycles. The van der Waals surface area contributed by atoms with Crippen LogP contribution in [-0.2, 0) is 11.3 Å². The highest BCUT2D eigenvalue weighted by Crippen LogP contribution is 2.44. The maximum atomic E-state index is 13.4. The first-order chi connectivity index (χ1) is 13.5. The van der Waals surface area contributed by atoms with Gasteiger partial charge in [0.05, 0.1) is 11.5 Å². The Kier molecular flexibility index (Phi) is 5.06. The van der Waals surface area contributed by atoms with Crippen LogP contribution in [0.15, 0.2) is 42.7 Å². The van der Waals surface area contributed by atoms with E-state index in [2.05, 4.69) is 51.0 Å². The first kappa shape index (κ1) is 18.9. The van der Waals surface area contributed by atoms with Crippen LogP contribution in [0.4, 0.5) is 5.95 Å². The summed E-state index contributed by atoms with van der Waals surface area (Å²) in [4.78, 5) is 28.8. The highest BCUT2D eigenvalue weighted by Gasteiger charge is 2.56. The minimum Gasteiger partial charge on any atom is -0.348 e. The van der Waals surface area contributed by atoms with Gasteiger partial charge in [0.2, 0.25) is 11.9 Å². The molecule has 6 heteroatoms. The molecule has 2 fully saturated rings. The Labute approximate surface area is 167 Å². The number of benzene rings is 1. The molecular formula is C22H29N5O. The number of fused-ring (bicyclic) bond motifs is 1. The Morgan fingerprint density at radius 3 is 2.68 bits per heavy atom.